The molecule has 0 radical (unpaired) electrons. The minimum absolute atomic E-state index is 0.144. The lowest BCUT2D eigenvalue weighted by atomic mass is 9.91. The smallest absolute Gasteiger partial charge is 0.222 e. The van der Waals surface area contributed by atoms with E-state index in [9.17, 15) is 4.79 Å². The molecule has 0 aliphatic carbocycles. The molecule has 1 aromatic heterocycles. The maximum absolute atomic E-state index is 12.2. The highest BCUT2D eigenvalue weighted by molar-refractivity contribution is 7.09. The summed E-state index contributed by atoms with van der Waals surface area (Å²) >= 11 is 1.66. The van der Waals surface area contributed by atoms with E-state index < -0.39 is 0 Å². The number of amides is 1. The molecule has 2 fully saturated rings. The number of carbonyl (C=O) groups excluding carboxylic acids is 1. The first-order valence-corrected chi connectivity index (χ1v) is 8.34. The standard InChI is InChI=1S/C15H22N2O2S/c1-10(2)7-14(18)17-5-3-11-8-12(19-13(11)9-17)15-16-4-6-20-15/h4,6,10-13H,3,5,7-9H2,1-2H3/t11-,12+,13+/m1/s1. The number of rotatable bonds is 3. The largest absolute Gasteiger partial charge is 0.366 e. The highest BCUT2D eigenvalue weighted by Crippen LogP contribution is 2.41. The van der Waals surface area contributed by atoms with Crippen molar-refractivity contribution in [3.8, 4) is 0 Å². The van der Waals surface area contributed by atoms with Gasteiger partial charge in [-0.2, -0.15) is 0 Å². The van der Waals surface area contributed by atoms with Crippen LogP contribution in [0.5, 0.6) is 0 Å². The third kappa shape index (κ3) is 2.88. The fourth-order valence-corrected chi connectivity index (χ4v) is 3.87. The Balaban J connectivity index is 1.60. The summed E-state index contributed by atoms with van der Waals surface area (Å²) in [5, 5.41) is 3.08. The first kappa shape index (κ1) is 14.0. The third-order valence-corrected chi connectivity index (χ3v) is 5.08. The third-order valence-electron chi connectivity index (χ3n) is 4.21. The van der Waals surface area contributed by atoms with Crippen molar-refractivity contribution in [1.29, 1.82) is 0 Å². The number of hydrogen-bond donors (Lipinski definition) is 0. The Morgan fingerprint density at radius 2 is 2.45 bits per heavy atom. The fraction of sp³-hybridized carbons (Fsp3) is 0.733. The van der Waals surface area contributed by atoms with E-state index in [2.05, 4.69) is 18.8 Å². The molecule has 0 bridgehead atoms. The van der Waals surface area contributed by atoms with Crippen LogP contribution in [0.2, 0.25) is 0 Å². The molecule has 3 atom stereocenters. The molecule has 0 aromatic carbocycles. The molecule has 2 aliphatic heterocycles. The highest BCUT2D eigenvalue weighted by Gasteiger charge is 2.41. The molecule has 1 aromatic rings. The van der Waals surface area contributed by atoms with Crippen molar-refractivity contribution in [3.05, 3.63) is 16.6 Å². The lowest BCUT2D eigenvalue weighted by Crippen LogP contribution is -2.45. The number of fused-ring (bicyclic) bond motifs is 1. The van der Waals surface area contributed by atoms with Crippen molar-refractivity contribution in [2.45, 2.75) is 45.3 Å². The van der Waals surface area contributed by atoms with Gasteiger partial charge in [0.15, 0.2) is 0 Å². The van der Waals surface area contributed by atoms with Crippen molar-refractivity contribution in [2.24, 2.45) is 11.8 Å². The average molecular weight is 294 g/mol. The minimum Gasteiger partial charge on any atom is -0.366 e. The number of ether oxygens (including phenoxy) is 1. The van der Waals surface area contributed by atoms with Crippen molar-refractivity contribution >= 4 is 17.2 Å². The predicted molar refractivity (Wildman–Crippen MR) is 78.5 cm³/mol. The SMILES string of the molecule is CC(C)CC(=O)N1CC[C@@H]2C[C@@H](c3nccs3)O[C@H]2C1. The number of aromatic nitrogens is 1. The molecule has 20 heavy (non-hydrogen) atoms. The van der Waals surface area contributed by atoms with Crippen LogP contribution in [0.1, 0.15) is 44.2 Å². The van der Waals surface area contributed by atoms with E-state index in [1.807, 2.05) is 16.5 Å². The van der Waals surface area contributed by atoms with Gasteiger partial charge in [-0.05, 0) is 24.7 Å². The van der Waals surface area contributed by atoms with Gasteiger partial charge in [0, 0.05) is 31.1 Å². The van der Waals surface area contributed by atoms with Crippen molar-refractivity contribution in [1.82, 2.24) is 9.88 Å². The summed E-state index contributed by atoms with van der Waals surface area (Å²) in [6.45, 7) is 5.84. The van der Waals surface area contributed by atoms with Crippen molar-refractivity contribution < 1.29 is 9.53 Å². The van der Waals surface area contributed by atoms with Crippen LogP contribution in [-0.2, 0) is 9.53 Å². The van der Waals surface area contributed by atoms with Crippen LogP contribution in [0.15, 0.2) is 11.6 Å². The molecule has 0 saturated carbocycles. The van der Waals surface area contributed by atoms with E-state index in [0.717, 1.165) is 30.9 Å². The van der Waals surface area contributed by atoms with E-state index in [1.54, 1.807) is 11.3 Å². The van der Waals surface area contributed by atoms with Gasteiger partial charge in [0.25, 0.3) is 0 Å². The Morgan fingerprint density at radius 3 is 3.15 bits per heavy atom. The summed E-state index contributed by atoms with van der Waals surface area (Å²) in [4.78, 5) is 18.5. The fourth-order valence-electron chi connectivity index (χ4n) is 3.19. The Labute approximate surface area is 124 Å². The van der Waals surface area contributed by atoms with E-state index >= 15 is 0 Å². The molecule has 1 amide bonds. The number of piperidine rings is 1. The van der Waals surface area contributed by atoms with Gasteiger partial charge in [-0.25, -0.2) is 4.98 Å². The molecular weight excluding hydrogens is 272 g/mol. The Hall–Kier alpha value is -0.940. The number of carbonyl (C=O) groups is 1. The quantitative estimate of drug-likeness (QED) is 0.861. The van der Waals surface area contributed by atoms with Gasteiger partial charge in [-0.1, -0.05) is 13.8 Å². The van der Waals surface area contributed by atoms with E-state index in [4.69, 9.17) is 4.74 Å². The van der Waals surface area contributed by atoms with Crippen molar-refractivity contribution in [3.63, 3.8) is 0 Å². The van der Waals surface area contributed by atoms with E-state index in [0.29, 0.717) is 18.3 Å². The van der Waals surface area contributed by atoms with Gasteiger partial charge < -0.3 is 9.64 Å². The predicted octanol–water partition coefficient (Wildman–Crippen LogP) is 2.87. The maximum Gasteiger partial charge on any atom is 0.222 e. The van der Waals surface area contributed by atoms with Gasteiger partial charge in [-0.15, -0.1) is 11.3 Å². The number of thiazole rings is 1. The zero-order valence-electron chi connectivity index (χ0n) is 12.1. The summed E-state index contributed by atoms with van der Waals surface area (Å²) in [5.41, 5.74) is 0. The number of nitrogens with zero attached hydrogens (tertiary/aromatic N) is 2. The lowest BCUT2D eigenvalue weighted by Gasteiger charge is -2.34. The maximum atomic E-state index is 12.2. The second-order valence-electron chi connectivity index (χ2n) is 6.26. The minimum atomic E-state index is 0.144. The van der Waals surface area contributed by atoms with E-state index in [-0.39, 0.29) is 18.1 Å². The summed E-state index contributed by atoms with van der Waals surface area (Å²) in [6.07, 6.45) is 4.96. The molecule has 0 spiro atoms. The molecule has 4 nitrogen and oxygen atoms in total. The van der Waals surface area contributed by atoms with Crippen LogP contribution in [-0.4, -0.2) is 35.0 Å². The van der Waals surface area contributed by atoms with Crippen LogP contribution in [0, 0.1) is 11.8 Å². The first-order chi connectivity index (χ1) is 9.63. The van der Waals surface area contributed by atoms with Crippen LogP contribution in [0.3, 0.4) is 0 Å². The summed E-state index contributed by atoms with van der Waals surface area (Å²) in [7, 11) is 0. The topological polar surface area (TPSA) is 42.4 Å². The summed E-state index contributed by atoms with van der Waals surface area (Å²) in [5.74, 6) is 1.29. The summed E-state index contributed by atoms with van der Waals surface area (Å²) < 4.78 is 6.15. The molecule has 2 saturated heterocycles. The van der Waals surface area contributed by atoms with Crippen LogP contribution >= 0.6 is 11.3 Å². The Bertz CT molecular complexity index is 460. The molecular formula is C15H22N2O2S. The molecule has 3 rings (SSSR count). The van der Waals surface area contributed by atoms with Gasteiger partial charge in [0.2, 0.25) is 5.91 Å². The zero-order valence-corrected chi connectivity index (χ0v) is 12.9. The number of likely N-dealkylation sites (tertiary alicyclic amines) is 1. The van der Waals surface area contributed by atoms with Gasteiger partial charge in [0.05, 0.1) is 6.10 Å². The van der Waals surface area contributed by atoms with Gasteiger partial charge in [0.1, 0.15) is 11.1 Å². The number of hydrogen-bond acceptors (Lipinski definition) is 4. The van der Waals surface area contributed by atoms with Gasteiger partial charge >= 0.3 is 0 Å². The zero-order chi connectivity index (χ0) is 14.1. The second kappa shape index (κ2) is 5.82. The van der Waals surface area contributed by atoms with E-state index in [1.165, 1.54) is 0 Å². The van der Waals surface area contributed by atoms with Crippen LogP contribution < -0.4 is 0 Å². The first-order valence-electron chi connectivity index (χ1n) is 7.46. The molecule has 0 N–H and O–H groups in total. The normalized spacial score (nSPS) is 29.8. The van der Waals surface area contributed by atoms with Gasteiger partial charge in [-0.3, -0.25) is 4.79 Å². The molecule has 5 heteroatoms. The Morgan fingerprint density at radius 1 is 1.60 bits per heavy atom. The highest BCUT2D eigenvalue weighted by atomic mass is 32.1. The lowest BCUT2D eigenvalue weighted by molar-refractivity contribution is -0.136. The molecule has 0 unspecified atom stereocenters. The second-order valence-corrected chi connectivity index (χ2v) is 7.18. The average Bonchev–Trinajstić information content (AvgIpc) is 3.05. The molecule has 3 heterocycles. The molecule has 2 aliphatic rings. The Kier molecular flexibility index (Phi) is 4.08. The molecule has 110 valence electrons. The van der Waals surface area contributed by atoms with Crippen LogP contribution in [0.4, 0.5) is 0 Å². The summed E-state index contributed by atoms with van der Waals surface area (Å²) in [6, 6.07) is 0. The van der Waals surface area contributed by atoms with Crippen LogP contribution in [0.25, 0.3) is 0 Å². The monoisotopic (exact) mass is 294 g/mol. The van der Waals surface area contributed by atoms with Crippen molar-refractivity contribution in [2.75, 3.05) is 13.1 Å².